The van der Waals surface area contributed by atoms with Crippen LogP contribution in [0.1, 0.15) is 53.1 Å². The van der Waals surface area contributed by atoms with Gasteiger partial charge in [0.1, 0.15) is 5.69 Å². The van der Waals surface area contributed by atoms with Crippen LogP contribution in [0.2, 0.25) is 5.02 Å². The number of nitrogens with one attached hydrogen (secondary N) is 2. The van der Waals surface area contributed by atoms with Crippen LogP contribution in [0, 0.1) is 5.41 Å². The first-order valence-electron chi connectivity index (χ1n) is 11.8. The predicted octanol–water partition coefficient (Wildman–Crippen LogP) is 2.63. The molecule has 1 aromatic heterocycles. The van der Waals surface area contributed by atoms with Crippen LogP contribution < -0.4 is 10.2 Å². The molecule has 10 heteroatoms. The van der Waals surface area contributed by atoms with Crippen LogP contribution in [0.15, 0.2) is 30.6 Å². The van der Waals surface area contributed by atoms with Gasteiger partial charge in [0, 0.05) is 25.7 Å². The number of hydrogen-bond acceptors (Lipinski definition) is 5. The van der Waals surface area contributed by atoms with Gasteiger partial charge in [-0.1, -0.05) is 23.7 Å². The molecule has 2 aromatic rings. The number of carbonyl (C=O) groups excluding carboxylic acids is 3. The van der Waals surface area contributed by atoms with Gasteiger partial charge in [-0.15, -0.1) is 0 Å². The van der Waals surface area contributed by atoms with E-state index in [1.165, 1.54) is 6.33 Å². The Morgan fingerprint density at radius 3 is 2.59 bits per heavy atom. The molecule has 9 nitrogen and oxygen atoms in total. The van der Waals surface area contributed by atoms with E-state index in [-0.39, 0.29) is 35.2 Å². The first kappa shape index (κ1) is 22.9. The Balaban J connectivity index is 1.20. The summed E-state index contributed by atoms with van der Waals surface area (Å²) in [4.78, 5) is 49.5. The van der Waals surface area contributed by atoms with Crippen molar-refractivity contribution in [2.45, 2.75) is 38.1 Å². The smallest absolute Gasteiger partial charge is 0.272 e. The average Bonchev–Trinajstić information content (AvgIpc) is 3.47. The number of aromatic nitrogens is 2. The Morgan fingerprint density at radius 2 is 1.85 bits per heavy atom. The van der Waals surface area contributed by atoms with E-state index >= 15 is 0 Å². The molecule has 34 heavy (non-hydrogen) atoms. The van der Waals surface area contributed by atoms with Gasteiger partial charge in [0.05, 0.1) is 35.7 Å². The maximum atomic E-state index is 13.3. The van der Waals surface area contributed by atoms with Crippen LogP contribution in [0.5, 0.6) is 0 Å². The number of aromatic amines is 1. The van der Waals surface area contributed by atoms with Gasteiger partial charge in [0.2, 0.25) is 5.91 Å². The lowest BCUT2D eigenvalue weighted by Gasteiger charge is -2.36. The third kappa shape index (κ3) is 4.18. The standard InChI is InChI=1S/C24H28ClN5O4/c25-17-3-1-2-4-18(17)30-10-9-24(23(30)33)7-5-16(6-8-24)28-21(31)19-20(27-15-26-19)22(32)29-11-13-34-14-12-29/h1-4,15-16H,5-14H2,(H,26,27)(H,28,31). The number of hydrogen-bond donors (Lipinski definition) is 2. The van der Waals surface area contributed by atoms with Gasteiger partial charge >= 0.3 is 0 Å². The Labute approximate surface area is 202 Å². The summed E-state index contributed by atoms with van der Waals surface area (Å²) in [5.74, 6) is -0.491. The zero-order chi connectivity index (χ0) is 23.7. The Morgan fingerprint density at radius 1 is 1.12 bits per heavy atom. The van der Waals surface area contributed by atoms with E-state index in [2.05, 4.69) is 15.3 Å². The van der Waals surface area contributed by atoms with Crippen molar-refractivity contribution >= 4 is 35.0 Å². The molecule has 3 fully saturated rings. The summed E-state index contributed by atoms with van der Waals surface area (Å²) in [7, 11) is 0. The third-order valence-corrected chi connectivity index (χ3v) is 7.62. The monoisotopic (exact) mass is 485 g/mol. The van der Waals surface area contributed by atoms with Crippen LogP contribution in [-0.4, -0.2) is 71.5 Å². The molecule has 1 aromatic carbocycles. The molecule has 2 N–H and O–H groups in total. The molecular formula is C24H28ClN5O4. The first-order valence-corrected chi connectivity index (χ1v) is 12.1. The zero-order valence-corrected chi connectivity index (χ0v) is 19.6. The van der Waals surface area contributed by atoms with E-state index in [1.807, 2.05) is 18.2 Å². The van der Waals surface area contributed by atoms with Gasteiger partial charge in [0.15, 0.2) is 5.69 Å². The molecule has 2 saturated heterocycles. The molecule has 1 aliphatic carbocycles. The number of amides is 3. The van der Waals surface area contributed by atoms with Gasteiger partial charge < -0.3 is 24.8 Å². The van der Waals surface area contributed by atoms with Gasteiger partial charge in [-0.05, 0) is 44.2 Å². The van der Waals surface area contributed by atoms with Crippen molar-refractivity contribution in [2.24, 2.45) is 5.41 Å². The quantitative estimate of drug-likeness (QED) is 0.692. The second-order valence-electron chi connectivity index (χ2n) is 9.22. The first-order chi connectivity index (χ1) is 16.5. The Bertz CT molecular complexity index is 1090. The number of imidazole rings is 1. The largest absolute Gasteiger partial charge is 0.378 e. The lowest BCUT2D eigenvalue weighted by atomic mass is 9.71. The third-order valence-electron chi connectivity index (χ3n) is 7.30. The summed E-state index contributed by atoms with van der Waals surface area (Å²) >= 11 is 6.33. The lowest BCUT2D eigenvalue weighted by molar-refractivity contribution is -0.127. The topological polar surface area (TPSA) is 108 Å². The molecule has 0 bridgehead atoms. The molecule has 3 heterocycles. The SMILES string of the molecule is O=C(NC1CCC2(CC1)CCN(c1ccccc1Cl)C2=O)c1nc[nH]c1C(=O)N1CCOCC1. The summed E-state index contributed by atoms with van der Waals surface area (Å²) in [6, 6.07) is 7.36. The van der Waals surface area contributed by atoms with Crippen molar-refractivity contribution in [1.82, 2.24) is 20.2 Å². The predicted molar refractivity (Wildman–Crippen MR) is 126 cm³/mol. The summed E-state index contributed by atoms with van der Waals surface area (Å²) < 4.78 is 5.30. The molecule has 3 aliphatic rings. The molecule has 180 valence electrons. The summed E-state index contributed by atoms with van der Waals surface area (Å²) in [5.41, 5.74) is 0.675. The van der Waals surface area contributed by atoms with Gasteiger partial charge in [-0.2, -0.15) is 0 Å². The fourth-order valence-electron chi connectivity index (χ4n) is 5.31. The molecule has 1 spiro atoms. The van der Waals surface area contributed by atoms with Crippen molar-refractivity contribution in [3.05, 3.63) is 47.0 Å². The minimum absolute atomic E-state index is 0.0664. The molecule has 1 saturated carbocycles. The molecule has 0 unspecified atom stereocenters. The normalized spacial score (nSPS) is 25.1. The molecule has 5 rings (SSSR count). The highest BCUT2D eigenvalue weighted by Crippen LogP contribution is 2.47. The minimum atomic E-state index is -0.399. The number of morpholine rings is 1. The number of nitrogens with zero attached hydrogens (tertiary/aromatic N) is 3. The van der Waals surface area contributed by atoms with Crippen molar-refractivity contribution < 1.29 is 19.1 Å². The van der Waals surface area contributed by atoms with E-state index in [0.29, 0.717) is 63.6 Å². The van der Waals surface area contributed by atoms with Crippen LogP contribution in [0.25, 0.3) is 0 Å². The van der Waals surface area contributed by atoms with Crippen LogP contribution in [0.4, 0.5) is 5.69 Å². The van der Waals surface area contributed by atoms with E-state index in [9.17, 15) is 14.4 Å². The van der Waals surface area contributed by atoms with Crippen molar-refractivity contribution in [3.63, 3.8) is 0 Å². The van der Waals surface area contributed by atoms with Gasteiger partial charge in [-0.3, -0.25) is 14.4 Å². The minimum Gasteiger partial charge on any atom is -0.378 e. The molecule has 0 atom stereocenters. The number of halogens is 1. The maximum Gasteiger partial charge on any atom is 0.272 e. The molecule has 0 radical (unpaired) electrons. The highest BCUT2D eigenvalue weighted by Gasteiger charge is 2.49. The van der Waals surface area contributed by atoms with E-state index in [0.717, 1.165) is 12.1 Å². The summed E-state index contributed by atoms with van der Waals surface area (Å²) in [6.45, 7) is 2.60. The average molecular weight is 486 g/mol. The Hall–Kier alpha value is -2.91. The summed E-state index contributed by atoms with van der Waals surface area (Å²) in [6.07, 6.45) is 4.97. The summed E-state index contributed by atoms with van der Waals surface area (Å²) in [5, 5.41) is 3.61. The molecule has 2 aliphatic heterocycles. The maximum absolute atomic E-state index is 13.3. The number of ether oxygens (including phenoxy) is 1. The van der Waals surface area contributed by atoms with Crippen LogP contribution in [-0.2, 0) is 9.53 Å². The molecular weight excluding hydrogens is 458 g/mol. The van der Waals surface area contributed by atoms with Gasteiger partial charge in [0.25, 0.3) is 11.8 Å². The fourth-order valence-corrected chi connectivity index (χ4v) is 5.55. The number of H-pyrrole nitrogens is 1. The van der Waals surface area contributed by atoms with Crippen molar-refractivity contribution in [2.75, 3.05) is 37.7 Å². The Kier molecular flexibility index (Phi) is 6.31. The number of anilines is 1. The van der Waals surface area contributed by atoms with Crippen LogP contribution in [0.3, 0.4) is 0 Å². The van der Waals surface area contributed by atoms with E-state index in [4.69, 9.17) is 16.3 Å². The molecule has 3 amide bonds. The van der Waals surface area contributed by atoms with Gasteiger partial charge in [-0.25, -0.2) is 4.98 Å². The lowest BCUT2D eigenvalue weighted by Crippen LogP contribution is -2.45. The zero-order valence-electron chi connectivity index (χ0n) is 18.9. The second kappa shape index (κ2) is 9.38. The highest BCUT2D eigenvalue weighted by atomic mass is 35.5. The van der Waals surface area contributed by atoms with E-state index < -0.39 is 5.41 Å². The highest BCUT2D eigenvalue weighted by molar-refractivity contribution is 6.34. The number of benzene rings is 1. The van der Waals surface area contributed by atoms with Crippen LogP contribution >= 0.6 is 11.6 Å². The van der Waals surface area contributed by atoms with Crippen molar-refractivity contribution in [3.8, 4) is 0 Å². The number of carbonyl (C=O) groups is 3. The number of para-hydroxylation sites is 1. The number of rotatable bonds is 4. The second-order valence-corrected chi connectivity index (χ2v) is 9.62. The fraction of sp³-hybridized carbons (Fsp3) is 0.500. The van der Waals surface area contributed by atoms with E-state index in [1.54, 1.807) is 15.9 Å². The van der Waals surface area contributed by atoms with Crippen molar-refractivity contribution in [1.29, 1.82) is 0 Å².